The van der Waals surface area contributed by atoms with Crippen molar-refractivity contribution in [2.24, 2.45) is 28.7 Å². The molecule has 1 aromatic rings. The highest BCUT2D eigenvalue weighted by Gasteiger charge is 2.48. The van der Waals surface area contributed by atoms with E-state index in [1.54, 1.807) is 24.3 Å². The summed E-state index contributed by atoms with van der Waals surface area (Å²) in [6.07, 6.45) is 8.12. The molecule has 5 rings (SSSR count). The van der Waals surface area contributed by atoms with E-state index in [4.69, 9.17) is 0 Å². The molecule has 1 aromatic carbocycles. The lowest BCUT2D eigenvalue weighted by molar-refractivity contribution is -0.0119. The average Bonchev–Trinajstić information content (AvgIpc) is 2.51. The van der Waals surface area contributed by atoms with Crippen molar-refractivity contribution in [1.82, 2.24) is 5.32 Å². The predicted octanol–water partition coefficient (Wildman–Crippen LogP) is 3.21. The van der Waals surface area contributed by atoms with Gasteiger partial charge in [-0.15, -0.1) is 0 Å². The maximum absolute atomic E-state index is 12.5. The fraction of sp³-hybridized carbons (Fsp3) is 0.556. The first-order valence-electron chi connectivity index (χ1n) is 8.21. The minimum absolute atomic E-state index is 0.000828. The lowest BCUT2D eigenvalue weighted by Crippen LogP contribution is -2.55. The smallest absolute Gasteiger partial charge is 0.251 e. The van der Waals surface area contributed by atoms with Crippen LogP contribution >= 0.6 is 0 Å². The monoisotopic (exact) mass is 296 g/mol. The van der Waals surface area contributed by atoms with Crippen molar-refractivity contribution in [2.45, 2.75) is 38.1 Å². The van der Waals surface area contributed by atoms with E-state index in [0.29, 0.717) is 29.1 Å². The van der Waals surface area contributed by atoms with Crippen LogP contribution in [0.2, 0.25) is 0 Å². The first kappa shape index (κ1) is 13.7. The number of nitrogens with zero attached hydrogens (tertiary/aromatic N) is 1. The van der Waals surface area contributed by atoms with E-state index in [-0.39, 0.29) is 5.91 Å². The Labute approximate surface area is 130 Å². The zero-order valence-corrected chi connectivity index (χ0v) is 12.5. The molecule has 0 aromatic heterocycles. The number of nitrogens with one attached hydrogen (secondary N) is 1. The largest absolute Gasteiger partial charge is 0.349 e. The number of hydrogen-bond acceptors (Lipinski definition) is 3. The van der Waals surface area contributed by atoms with E-state index in [9.17, 15) is 9.59 Å². The van der Waals surface area contributed by atoms with Gasteiger partial charge in [-0.2, -0.15) is 4.99 Å². The molecule has 4 nitrogen and oxygen atoms in total. The van der Waals surface area contributed by atoms with Gasteiger partial charge in [-0.25, -0.2) is 4.79 Å². The number of amides is 1. The fourth-order valence-electron chi connectivity index (χ4n) is 5.14. The molecule has 0 saturated heterocycles. The van der Waals surface area contributed by atoms with E-state index in [1.165, 1.54) is 38.2 Å². The van der Waals surface area contributed by atoms with Crippen molar-refractivity contribution in [3.05, 3.63) is 29.8 Å². The molecule has 4 saturated carbocycles. The van der Waals surface area contributed by atoms with Crippen LogP contribution in [-0.4, -0.2) is 18.0 Å². The molecule has 4 aliphatic rings. The van der Waals surface area contributed by atoms with Gasteiger partial charge < -0.3 is 5.32 Å². The second-order valence-electron chi connectivity index (χ2n) is 7.18. The second kappa shape index (κ2) is 5.36. The van der Waals surface area contributed by atoms with E-state index in [1.807, 2.05) is 0 Å². The molecule has 0 aliphatic heterocycles. The van der Waals surface area contributed by atoms with Gasteiger partial charge in [0.15, 0.2) is 0 Å². The van der Waals surface area contributed by atoms with Gasteiger partial charge in [-0.05, 0) is 80.0 Å². The zero-order chi connectivity index (χ0) is 15.1. The molecule has 22 heavy (non-hydrogen) atoms. The third-order valence-corrected chi connectivity index (χ3v) is 5.83. The van der Waals surface area contributed by atoms with Crippen LogP contribution in [0.1, 0.15) is 42.5 Å². The highest BCUT2D eigenvalue weighted by molar-refractivity contribution is 5.94. The van der Waals surface area contributed by atoms with Crippen LogP contribution in [-0.2, 0) is 4.79 Å². The number of benzene rings is 1. The van der Waals surface area contributed by atoms with Crippen LogP contribution in [0.25, 0.3) is 0 Å². The Bertz CT molecular complexity index is 603. The molecule has 0 radical (unpaired) electrons. The van der Waals surface area contributed by atoms with Gasteiger partial charge in [0.05, 0.1) is 5.69 Å². The SMILES string of the molecule is O=C=Nc1ccc(C(=O)NC2C3CC4CC(C3)CC2C4)cc1. The number of rotatable bonds is 3. The first-order valence-corrected chi connectivity index (χ1v) is 8.21. The maximum atomic E-state index is 12.5. The maximum Gasteiger partial charge on any atom is 0.251 e. The highest BCUT2D eigenvalue weighted by Crippen LogP contribution is 2.53. The van der Waals surface area contributed by atoms with E-state index >= 15 is 0 Å². The topological polar surface area (TPSA) is 58.5 Å². The van der Waals surface area contributed by atoms with Crippen molar-refractivity contribution >= 4 is 17.7 Å². The number of isocyanates is 1. The standard InChI is InChI=1S/C18H20N2O2/c21-10-19-16-3-1-13(2-4-16)18(22)20-17-14-6-11-5-12(8-14)9-15(17)7-11/h1-4,11-12,14-15,17H,5-9H2,(H,20,22). The second-order valence-corrected chi connectivity index (χ2v) is 7.18. The Morgan fingerprint density at radius 3 is 2.14 bits per heavy atom. The minimum Gasteiger partial charge on any atom is -0.349 e. The molecule has 0 atom stereocenters. The fourth-order valence-corrected chi connectivity index (χ4v) is 5.14. The minimum atomic E-state index is -0.000828. The number of carbonyl (C=O) groups is 1. The summed E-state index contributed by atoms with van der Waals surface area (Å²) in [6, 6.07) is 7.16. The Kier molecular flexibility index (Phi) is 3.34. The first-order chi connectivity index (χ1) is 10.7. The van der Waals surface area contributed by atoms with E-state index in [2.05, 4.69) is 10.3 Å². The zero-order valence-electron chi connectivity index (χ0n) is 12.5. The summed E-state index contributed by atoms with van der Waals surface area (Å²) in [5.74, 6) is 3.18. The summed E-state index contributed by atoms with van der Waals surface area (Å²) in [5, 5.41) is 3.28. The molecule has 4 aliphatic carbocycles. The molecule has 0 heterocycles. The molecule has 1 N–H and O–H groups in total. The molecular formula is C18H20N2O2. The van der Waals surface area contributed by atoms with Gasteiger partial charge in [0.1, 0.15) is 0 Å². The number of aliphatic imine (C=N–C) groups is 1. The summed E-state index contributed by atoms with van der Waals surface area (Å²) in [6.45, 7) is 0. The Morgan fingerprint density at radius 2 is 1.59 bits per heavy atom. The van der Waals surface area contributed by atoms with Crippen LogP contribution in [0.3, 0.4) is 0 Å². The molecule has 114 valence electrons. The third kappa shape index (κ3) is 2.38. The van der Waals surface area contributed by atoms with Crippen molar-refractivity contribution in [3.8, 4) is 0 Å². The van der Waals surface area contributed by atoms with E-state index in [0.717, 1.165) is 11.8 Å². The van der Waals surface area contributed by atoms with Crippen molar-refractivity contribution in [1.29, 1.82) is 0 Å². The van der Waals surface area contributed by atoms with Crippen LogP contribution in [0.4, 0.5) is 5.69 Å². The van der Waals surface area contributed by atoms with Crippen LogP contribution in [0.15, 0.2) is 29.3 Å². The van der Waals surface area contributed by atoms with Gasteiger partial charge >= 0.3 is 0 Å². The van der Waals surface area contributed by atoms with Crippen LogP contribution in [0.5, 0.6) is 0 Å². The Morgan fingerprint density at radius 1 is 1.00 bits per heavy atom. The normalized spacial score (nSPS) is 35.0. The van der Waals surface area contributed by atoms with Gasteiger partial charge in [0.2, 0.25) is 6.08 Å². The molecule has 4 bridgehead atoms. The molecule has 4 fully saturated rings. The van der Waals surface area contributed by atoms with Gasteiger partial charge in [0, 0.05) is 11.6 Å². The van der Waals surface area contributed by atoms with Gasteiger partial charge in [-0.1, -0.05) is 0 Å². The van der Waals surface area contributed by atoms with Crippen molar-refractivity contribution in [2.75, 3.05) is 0 Å². The van der Waals surface area contributed by atoms with Crippen LogP contribution in [0, 0.1) is 23.7 Å². The quantitative estimate of drug-likeness (QED) is 0.688. The van der Waals surface area contributed by atoms with Gasteiger partial charge in [0.25, 0.3) is 5.91 Å². The molecule has 0 spiro atoms. The summed E-state index contributed by atoms with van der Waals surface area (Å²) < 4.78 is 0. The Hall–Kier alpha value is -1.93. The Balaban J connectivity index is 1.46. The molecule has 0 unspecified atom stereocenters. The summed E-state index contributed by atoms with van der Waals surface area (Å²) >= 11 is 0. The van der Waals surface area contributed by atoms with E-state index < -0.39 is 0 Å². The molecular weight excluding hydrogens is 276 g/mol. The van der Waals surface area contributed by atoms with Crippen LogP contribution < -0.4 is 5.32 Å². The molecule has 1 amide bonds. The van der Waals surface area contributed by atoms with Gasteiger partial charge in [-0.3, -0.25) is 4.79 Å². The summed E-state index contributed by atoms with van der Waals surface area (Å²) in [4.78, 5) is 26.3. The molecule has 4 heteroatoms. The van der Waals surface area contributed by atoms with Crippen molar-refractivity contribution < 1.29 is 9.59 Å². The number of hydrogen-bond donors (Lipinski definition) is 1. The summed E-state index contributed by atoms with van der Waals surface area (Å²) in [7, 11) is 0. The average molecular weight is 296 g/mol. The lowest BCUT2D eigenvalue weighted by atomic mass is 9.54. The number of carbonyl (C=O) groups excluding carboxylic acids is 2. The predicted molar refractivity (Wildman–Crippen MR) is 82.5 cm³/mol. The van der Waals surface area contributed by atoms with Crippen molar-refractivity contribution in [3.63, 3.8) is 0 Å². The summed E-state index contributed by atoms with van der Waals surface area (Å²) in [5.41, 5.74) is 1.17. The third-order valence-electron chi connectivity index (χ3n) is 5.83. The highest BCUT2D eigenvalue weighted by atomic mass is 16.1. The lowest BCUT2D eigenvalue weighted by Gasteiger charge is -2.54.